The summed E-state index contributed by atoms with van der Waals surface area (Å²) in [6.45, 7) is 0.597. The minimum atomic E-state index is -0.523. The van der Waals surface area contributed by atoms with E-state index in [-0.39, 0.29) is 23.1 Å². The van der Waals surface area contributed by atoms with Gasteiger partial charge >= 0.3 is 0 Å². The Kier molecular flexibility index (Phi) is 5.68. The first-order valence-corrected chi connectivity index (χ1v) is 13.0. The smallest absolute Gasteiger partial charge is 0.254 e. The Balaban J connectivity index is 1.46. The molecule has 6 heteroatoms. The Hall–Kier alpha value is -3.51. The number of rotatable bonds is 3. The number of carbonyl (C=O) groups is 1. The SMILES string of the molecule is CN(C)C1(c2cccc(F)c2)CCC2(CC1)c1[nH]c3ccccc3c1CCN2C(=O)c1ccc(F)cc1. The molecule has 0 bridgehead atoms. The summed E-state index contributed by atoms with van der Waals surface area (Å²) in [5.74, 6) is -0.665. The molecule has 0 unspecified atom stereocenters. The lowest BCUT2D eigenvalue weighted by molar-refractivity contribution is -0.0142. The number of hydrogen-bond acceptors (Lipinski definition) is 2. The van der Waals surface area contributed by atoms with Crippen LogP contribution in [0, 0.1) is 11.6 Å². The third kappa shape index (κ3) is 3.69. The second-order valence-electron chi connectivity index (χ2n) is 10.7. The number of nitrogens with zero attached hydrogens (tertiary/aromatic N) is 2. The van der Waals surface area contributed by atoms with E-state index >= 15 is 0 Å². The van der Waals surface area contributed by atoms with Gasteiger partial charge in [0.15, 0.2) is 0 Å². The zero-order valence-electron chi connectivity index (χ0n) is 21.2. The molecular weight excluding hydrogens is 468 g/mol. The minimum Gasteiger partial charge on any atom is -0.356 e. The number of benzene rings is 3. The van der Waals surface area contributed by atoms with Gasteiger partial charge in [-0.2, -0.15) is 0 Å². The fourth-order valence-electron chi connectivity index (χ4n) is 6.84. The van der Waals surface area contributed by atoms with E-state index in [0.29, 0.717) is 12.1 Å². The molecule has 1 aliphatic heterocycles. The highest BCUT2D eigenvalue weighted by Crippen LogP contribution is 2.53. The lowest BCUT2D eigenvalue weighted by Crippen LogP contribution is -2.58. The molecule has 1 spiro atoms. The molecule has 0 radical (unpaired) electrons. The summed E-state index contributed by atoms with van der Waals surface area (Å²) in [7, 11) is 4.11. The summed E-state index contributed by atoms with van der Waals surface area (Å²) in [5.41, 5.74) is 4.08. The number of fused-ring (bicyclic) bond motifs is 4. The summed E-state index contributed by atoms with van der Waals surface area (Å²) in [6, 6.07) is 21.1. The van der Waals surface area contributed by atoms with Gasteiger partial charge in [0.05, 0.1) is 5.54 Å². The maximum atomic E-state index is 14.3. The average Bonchev–Trinajstić information content (AvgIpc) is 3.29. The van der Waals surface area contributed by atoms with Crippen molar-refractivity contribution in [3.8, 4) is 0 Å². The largest absolute Gasteiger partial charge is 0.356 e. The molecule has 4 aromatic rings. The van der Waals surface area contributed by atoms with Crippen LogP contribution in [0.3, 0.4) is 0 Å². The van der Waals surface area contributed by atoms with E-state index < -0.39 is 5.54 Å². The number of nitrogens with one attached hydrogen (secondary N) is 1. The van der Waals surface area contributed by atoms with E-state index in [2.05, 4.69) is 42.2 Å². The first-order valence-electron chi connectivity index (χ1n) is 13.0. The van der Waals surface area contributed by atoms with Gasteiger partial charge in [-0.1, -0.05) is 30.3 Å². The van der Waals surface area contributed by atoms with Gasteiger partial charge in [-0.05, 0) is 99.8 Å². The zero-order chi connectivity index (χ0) is 25.8. The fraction of sp³-hybridized carbons (Fsp3) is 0.323. The van der Waals surface area contributed by atoms with E-state index in [1.54, 1.807) is 24.3 Å². The predicted molar refractivity (Wildman–Crippen MR) is 141 cm³/mol. The number of halogens is 2. The van der Waals surface area contributed by atoms with Crippen LogP contribution in [0.1, 0.15) is 52.9 Å². The monoisotopic (exact) mass is 499 g/mol. The van der Waals surface area contributed by atoms with Crippen LogP contribution in [0.4, 0.5) is 8.78 Å². The maximum absolute atomic E-state index is 14.3. The Labute approximate surface area is 215 Å². The van der Waals surface area contributed by atoms with Gasteiger partial charge in [0.2, 0.25) is 0 Å². The van der Waals surface area contributed by atoms with Gasteiger partial charge < -0.3 is 9.88 Å². The van der Waals surface area contributed by atoms with Gasteiger partial charge in [0.25, 0.3) is 5.91 Å². The van der Waals surface area contributed by atoms with Crippen molar-refractivity contribution in [2.45, 2.75) is 43.2 Å². The number of H-pyrrole nitrogens is 1. The fourth-order valence-corrected chi connectivity index (χ4v) is 6.84. The van der Waals surface area contributed by atoms with Crippen molar-refractivity contribution in [3.05, 3.63) is 107 Å². The Morgan fingerprint density at radius 3 is 2.32 bits per heavy atom. The van der Waals surface area contributed by atoms with Gasteiger partial charge in [0.1, 0.15) is 11.6 Å². The molecule has 1 saturated carbocycles. The van der Waals surface area contributed by atoms with Gasteiger partial charge in [0, 0.05) is 34.2 Å². The van der Waals surface area contributed by atoms with Crippen LogP contribution in [0.5, 0.6) is 0 Å². The van der Waals surface area contributed by atoms with Crippen LogP contribution in [0.2, 0.25) is 0 Å². The number of carbonyl (C=O) groups excluding carboxylic acids is 1. The molecule has 190 valence electrons. The summed E-state index contributed by atoms with van der Waals surface area (Å²) < 4.78 is 27.9. The van der Waals surface area contributed by atoms with Crippen LogP contribution in [-0.2, 0) is 17.5 Å². The molecule has 1 N–H and O–H groups in total. The van der Waals surface area contributed by atoms with Crippen LogP contribution in [0.15, 0.2) is 72.8 Å². The van der Waals surface area contributed by atoms with Crippen LogP contribution >= 0.6 is 0 Å². The first kappa shape index (κ1) is 23.9. The zero-order valence-corrected chi connectivity index (χ0v) is 21.2. The van der Waals surface area contributed by atoms with E-state index in [9.17, 15) is 13.6 Å². The third-order valence-electron chi connectivity index (χ3n) is 8.84. The third-order valence-corrected chi connectivity index (χ3v) is 8.84. The molecular formula is C31H31F2N3O. The average molecular weight is 500 g/mol. The molecule has 2 heterocycles. The number of hydrogen-bond donors (Lipinski definition) is 1. The number of para-hydroxylation sites is 1. The van der Waals surface area contributed by atoms with Crippen LogP contribution < -0.4 is 0 Å². The molecule has 0 saturated heterocycles. The highest BCUT2D eigenvalue weighted by molar-refractivity contribution is 5.95. The quantitative estimate of drug-likeness (QED) is 0.356. The summed E-state index contributed by atoms with van der Waals surface area (Å²) in [4.78, 5) is 21.9. The second kappa shape index (κ2) is 8.80. The van der Waals surface area contributed by atoms with Gasteiger partial charge in [-0.25, -0.2) is 8.78 Å². The van der Waals surface area contributed by atoms with E-state index in [4.69, 9.17) is 0 Å². The second-order valence-corrected chi connectivity index (χ2v) is 10.7. The number of amides is 1. The topological polar surface area (TPSA) is 39.3 Å². The highest BCUT2D eigenvalue weighted by Gasteiger charge is 2.53. The Bertz CT molecular complexity index is 1470. The van der Waals surface area contributed by atoms with Crippen LogP contribution in [0.25, 0.3) is 10.9 Å². The van der Waals surface area contributed by atoms with Crippen molar-refractivity contribution in [1.29, 1.82) is 0 Å². The normalized spacial score (nSPS) is 23.5. The first-order chi connectivity index (χ1) is 17.8. The Morgan fingerprint density at radius 2 is 1.62 bits per heavy atom. The molecule has 4 nitrogen and oxygen atoms in total. The summed E-state index contributed by atoms with van der Waals surface area (Å²) >= 11 is 0. The van der Waals surface area contributed by atoms with Crippen LogP contribution in [-0.4, -0.2) is 41.3 Å². The number of aromatic nitrogens is 1. The Morgan fingerprint density at radius 1 is 0.892 bits per heavy atom. The number of aromatic amines is 1. The molecule has 2 aliphatic rings. The van der Waals surface area contributed by atoms with Gasteiger partial charge in [-0.15, -0.1) is 0 Å². The lowest BCUT2D eigenvalue weighted by Gasteiger charge is -2.55. The highest BCUT2D eigenvalue weighted by atomic mass is 19.1. The molecule has 1 aliphatic carbocycles. The molecule has 1 aromatic heterocycles. The molecule has 37 heavy (non-hydrogen) atoms. The summed E-state index contributed by atoms with van der Waals surface area (Å²) in [6.07, 6.45) is 3.76. The standard InChI is InChI=1S/C31H31F2N3O/c1-35(2)30(22-6-5-7-24(33)20-22)15-17-31(18-16-30)28-26(25-8-3-4-9-27(25)34-28)14-19-36(31)29(37)21-10-12-23(32)13-11-21/h3-13,20,34H,14-19H2,1-2H3. The van der Waals surface area contributed by atoms with Crippen molar-refractivity contribution in [1.82, 2.24) is 14.8 Å². The molecule has 3 aromatic carbocycles. The summed E-state index contributed by atoms with van der Waals surface area (Å²) in [5, 5.41) is 1.21. The molecule has 6 rings (SSSR count). The minimum absolute atomic E-state index is 0.0765. The van der Waals surface area contributed by atoms with Crippen molar-refractivity contribution in [3.63, 3.8) is 0 Å². The van der Waals surface area contributed by atoms with Crippen molar-refractivity contribution in [2.24, 2.45) is 0 Å². The molecule has 1 fully saturated rings. The maximum Gasteiger partial charge on any atom is 0.254 e. The van der Waals surface area contributed by atoms with E-state index in [1.807, 2.05) is 17.0 Å². The van der Waals surface area contributed by atoms with Crippen molar-refractivity contribution < 1.29 is 13.6 Å². The molecule has 0 atom stereocenters. The van der Waals surface area contributed by atoms with Gasteiger partial charge in [-0.3, -0.25) is 9.69 Å². The van der Waals surface area contributed by atoms with Crippen molar-refractivity contribution in [2.75, 3.05) is 20.6 Å². The predicted octanol–water partition coefficient (Wildman–Crippen LogP) is 6.37. The lowest BCUT2D eigenvalue weighted by atomic mass is 9.65. The van der Waals surface area contributed by atoms with E-state index in [1.165, 1.54) is 29.1 Å². The van der Waals surface area contributed by atoms with E-state index in [0.717, 1.165) is 48.9 Å². The molecule has 1 amide bonds. The van der Waals surface area contributed by atoms with Crippen molar-refractivity contribution >= 4 is 16.8 Å².